The molecular weight excluding hydrogens is 354 g/mol. The Labute approximate surface area is 165 Å². The van der Waals surface area contributed by atoms with Gasteiger partial charge in [-0.3, -0.25) is 9.59 Å². The molecule has 0 saturated heterocycles. The summed E-state index contributed by atoms with van der Waals surface area (Å²) in [6.45, 7) is 4.24. The van der Waals surface area contributed by atoms with E-state index in [0.29, 0.717) is 25.9 Å². The second kappa shape index (κ2) is 9.90. The molecule has 0 atom stereocenters. The zero-order valence-corrected chi connectivity index (χ0v) is 16.2. The number of anilines is 2. The van der Waals surface area contributed by atoms with Crippen LogP contribution in [0.4, 0.5) is 11.4 Å². The van der Waals surface area contributed by atoms with E-state index in [2.05, 4.69) is 22.9 Å². The molecular formula is C22H27N3O3. The first kappa shape index (κ1) is 19.9. The second-order valence-corrected chi connectivity index (χ2v) is 6.85. The minimum absolute atomic E-state index is 0.0163. The van der Waals surface area contributed by atoms with Crippen LogP contribution in [0.3, 0.4) is 0 Å². The maximum absolute atomic E-state index is 12.1. The predicted molar refractivity (Wildman–Crippen MR) is 111 cm³/mol. The summed E-state index contributed by atoms with van der Waals surface area (Å²) in [7, 11) is 0. The van der Waals surface area contributed by atoms with Crippen molar-refractivity contribution in [2.45, 2.75) is 39.2 Å². The molecule has 1 heterocycles. The van der Waals surface area contributed by atoms with Gasteiger partial charge in [-0.15, -0.1) is 0 Å². The number of aryl methyl sites for hydroxylation is 1. The lowest BCUT2D eigenvalue weighted by atomic mass is 10.0. The molecule has 2 aromatic carbocycles. The summed E-state index contributed by atoms with van der Waals surface area (Å²) in [5.41, 5.74) is 3.91. The van der Waals surface area contributed by atoms with E-state index in [1.807, 2.05) is 42.5 Å². The summed E-state index contributed by atoms with van der Waals surface area (Å²) in [5.74, 6) is 0.808. The fraction of sp³-hybridized carbons (Fsp3) is 0.364. The molecule has 0 aromatic heterocycles. The fourth-order valence-electron chi connectivity index (χ4n) is 3.12. The van der Waals surface area contributed by atoms with Crippen LogP contribution in [-0.4, -0.2) is 25.0 Å². The molecule has 1 aliphatic heterocycles. The predicted octanol–water partition coefficient (Wildman–Crippen LogP) is 3.48. The summed E-state index contributed by atoms with van der Waals surface area (Å²) in [4.78, 5) is 23.5. The van der Waals surface area contributed by atoms with Gasteiger partial charge < -0.3 is 20.7 Å². The lowest BCUT2D eigenvalue weighted by Crippen LogP contribution is -2.18. The first-order chi connectivity index (χ1) is 13.6. The van der Waals surface area contributed by atoms with Crippen molar-refractivity contribution in [3.63, 3.8) is 0 Å². The minimum atomic E-state index is -0.0163. The monoisotopic (exact) mass is 381 g/mol. The van der Waals surface area contributed by atoms with Crippen LogP contribution >= 0.6 is 0 Å². The molecule has 0 spiro atoms. The molecule has 28 heavy (non-hydrogen) atoms. The van der Waals surface area contributed by atoms with Crippen molar-refractivity contribution in [2.24, 2.45) is 0 Å². The fourth-order valence-corrected chi connectivity index (χ4v) is 3.12. The standard InChI is InChI=1S/C22H27N3O3/c1-2-23-15-16-5-3-6-18(13-16)24-21(26)7-4-12-28-19-9-10-20-17(14-19)8-11-22(27)25-20/h3,5-6,9-10,13-14,23H,2,4,7-8,11-12,15H2,1H3,(H,24,26)(H,25,27). The van der Waals surface area contributed by atoms with Crippen LogP contribution in [0.2, 0.25) is 0 Å². The highest BCUT2D eigenvalue weighted by atomic mass is 16.5. The van der Waals surface area contributed by atoms with E-state index in [9.17, 15) is 9.59 Å². The Hall–Kier alpha value is -2.86. The van der Waals surface area contributed by atoms with E-state index in [1.54, 1.807) is 0 Å². The molecule has 0 radical (unpaired) electrons. The summed E-state index contributed by atoms with van der Waals surface area (Å²) in [6.07, 6.45) is 2.27. The highest BCUT2D eigenvalue weighted by molar-refractivity contribution is 5.94. The molecule has 0 aliphatic carbocycles. The average molecular weight is 381 g/mol. The zero-order valence-electron chi connectivity index (χ0n) is 16.2. The topological polar surface area (TPSA) is 79.5 Å². The number of nitrogens with one attached hydrogen (secondary N) is 3. The van der Waals surface area contributed by atoms with Crippen LogP contribution in [0.5, 0.6) is 5.75 Å². The number of carbonyl (C=O) groups is 2. The molecule has 6 heteroatoms. The Kier molecular flexibility index (Phi) is 7.03. The molecule has 3 N–H and O–H groups in total. The highest BCUT2D eigenvalue weighted by Crippen LogP contribution is 2.26. The van der Waals surface area contributed by atoms with Crippen LogP contribution in [0.1, 0.15) is 37.3 Å². The van der Waals surface area contributed by atoms with Crippen molar-refractivity contribution >= 4 is 23.2 Å². The van der Waals surface area contributed by atoms with Crippen molar-refractivity contribution in [1.29, 1.82) is 0 Å². The number of fused-ring (bicyclic) bond motifs is 1. The molecule has 0 saturated carbocycles. The molecule has 1 aliphatic rings. The second-order valence-electron chi connectivity index (χ2n) is 6.85. The maximum atomic E-state index is 12.1. The van der Waals surface area contributed by atoms with Gasteiger partial charge in [-0.2, -0.15) is 0 Å². The Bertz CT molecular complexity index is 836. The zero-order chi connectivity index (χ0) is 19.8. The number of hydrogen-bond acceptors (Lipinski definition) is 4. The summed E-state index contributed by atoms with van der Waals surface area (Å²) in [6, 6.07) is 13.6. The van der Waals surface area contributed by atoms with Crippen LogP contribution in [0.15, 0.2) is 42.5 Å². The smallest absolute Gasteiger partial charge is 0.224 e. The number of hydrogen-bond donors (Lipinski definition) is 3. The van der Waals surface area contributed by atoms with Crippen LogP contribution < -0.4 is 20.7 Å². The van der Waals surface area contributed by atoms with Gasteiger partial charge in [0.2, 0.25) is 11.8 Å². The Morgan fingerprint density at radius 1 is 1.18 bits per heavy atom. The third-order valence-electron chi connectivity index (χ3n) is 4.58. The van der Waals surface area contributed by atoms with E-state index in [0.717, 1.165) is 47.8 Å². The largest absolute Gasteiger partial charge is 0.494 e. The number of benzene rings is 2. The average Bonchev–Trinajstić information content (AvgIpc) is 2.70. The van der Waals surface area contributed by atoms with Crippen LogP contribution in [0, 0.1) is 0 Å². The Balaban J connectivity index is 1.40. The third-order valence-corrected chi connectivity index (χ3v) is 4.58. The van der Waals surface area contributed by atoms with Crippen molar-refractivity contribution in [1.82, 2.24) is 5.32 Å². The van der Waals surface area contributed by atoms with Gasteiger partial charge in [-0.1, -0.05) is 19.1 Å². The van der Waals surface area contributed by atoms with Crippen molar-refractivity contribution in [2.75, 3.05) is 23.8 Å². The molecule has 0 bridgehead atoms. The van der Waals surface area contributed by atoms with Gasteiger partial charge in [0, 0.05) is 30.8 Å². The summed E-state index contributed by atoms with van der Waals surface area (Å²) >= 11 is 0. The van der Waals surface area contributed by atoms with Gasteiger partial charge >= 0.3 is 0 Å². The lowest BCUT2D eigenvalue weighted by molar-refractivity contribution is -0.117. The van der Waals surface area contributed by atoms with E-state index in [1.165, 1.54) is 0 Å². The van der Waals surface area contributed by atoms with Crippen molar-refractivity contribution in [3.8, 4) is 5.75 Å². The summed E-state index contributed by atoms with van der Waals surface area (Å²) < 4.78 is 5.76. The quantitative estimate of drug-likeness (QED) is 0.581. The number of amides is 2. The molecule has 0 unspecified atom stereocenters. The molecule has 2 amide bonds. The van der Waals surface area contributed by atoms with Crippen LogP contribution in [-0.2, 0) is 22.6 Å². The molecule has 3 rings (SSSR count). The molecule has 0 fully saturated rings. The third kappa shape index (κ3) is 5.82. The Morgan fingerprint density at radius 2 is 2.07 bits per heavy atom. The molecule has 6 nitrogen and oxygen atoms in total. The highest BCUT2D eigenvalue weighted by Gasteiger charge is 2.15. The van der Waals surface area contributed by atoms with Gasteiger partial charge in [-0.05, 0) is 60.8 Å². The van der Waals surface area contributed by atoms with Gasteiger partial charge in [0.1, 0.15) is 5.75 Å². The van der Waals surface area contributed by atoms with E-state index in [4.69, 9.17) is 4.74 Å². The van der Waals surface area contributed by atoms with Crippen LogP contribution in [0.25, 0.3) is 0 Å². The number of carbonyl (C=O) groups excluding carboxylic acids is 2. The Morgan fingerprint density at radius 3 is 2.93 bits per heavy atom. The number of ether oxygens (including phenoxy) is 1. The number of rotatable bonds is 9. The van der Waals surface area contributed by atoms with Gasteiger partial charge in [0.25, 0.3) is 0 Å². The lowest BCUT2D eigenvalue weighted by Gasteiger charge is -2.17. The minimum Gasteiger partial charge on any atom is -0.494 e. The molecule has 2 aromatic rings. The first-order valence-electron chi connectivity index (χ1n) is 9.79. The first-order valence-corrected chi connectivity index (χ1v) is 9.79. The van der Waals surface area contributed by atoms with E-state index < -0.39 is 0 Å². The van der Waals surface area contributed by atoms with Gasteiger partial charge in [0.05, 0.1) is 6.61 Å². The van der Waals surface area contributed by atoms with Crippen molar-refractivity contribution < 1.29 is 14.3 Å². The maximum Gasteiger partial charge on any atom is 0.224 e. The van der Waals surface area contributed by atoms with Crippen molar-refractivity contribution in [3.05, 3.63) is 53.6 Å². The van der Waals surface area contributed by atoms with E-state index in [-0.39, 0.29) is 11.8 Å². The SMILES string of the molecule is CCNCc1cccc(NC(=O)CCCOc2ccc3c(c2)CCC(=O)N3)c1. The van der Waals surface area contributed by atoms with Gasteiger partial charge in [-0.25, -0.2) is 0 Å². The summed E-state index contributed by atoms with van der Waals surface area (Å²) in [5, 5.41) is 9.07. The van der Waals surface area contributed by atoms with E-state index >= 15 is 0 Å². The van der Waals surface area contributed by atoms with Gasteiger partial charge in [0.15, 0.2) is 0 Å². The normalized spacial score (nSPS) is 12.8. The molecule has 148 valence electrons.